The number of nitrogens with one attached hydrogen (secondary N) is 1. The van der Waals surface area contributed by atoms with E-state index < -0.39 is 8.97 Å². The molecule has 0 unspecified atom stereocenters. The van der Waals surface area contributed by atoms with Crippen molar-refractivity contribution >= 4 is 8.97 Å². The van der Waals surface area contributed by atoms with Crippen molar-refractivity contribution in [2.45, 2.75) is 13.8 Å². The normalized spacial score (nSPS) is 12.0. The molecule has 0 saturated carbocycles. The van der Waals surface area contributed by atoms with Crippen molar-refractivity contribution in [1.29, 1.82) is 0 Å². The van der Waals surface area contributed by atoms with Gasteiger partial charge in [-0.2, -0.15) is 0 Å². The Morgan fingerprint density at radius 2 is 1.73 bits per heavy atom. The van der Waals surface area contributed by atoms with Gasteiger partial charge in [-0.15, -0.1) is 0 Å². The van der Waals surface area contributed by atoms with E-state index >= 15 is 0 Å². The Kier molecular flexibility index (Phi) is 5.70. The summed E-state index contributed by atoms with van der Waals surface area (Å²) < 4.78 is 15.7. The molecule has 0 aliphatic rings. The van der Waals surface area contributed by atoms with Gasteiger partial charge in [0, 0.05) is 20.8 Å². The minimum absolute atomic E-state index is 0.598. The lowest BCUT2D eigenvalue weighted by Crippen LogP contribution is -2.57. The molecule has 0 saturated heterocycles. The molecule has 4 nitrogen and oxygen atoms in total. The number of hydrogen-bond donors (Lipinski definition) is 1. The molecule has 0 bridgehead atoms. The Morgan fingerprint density at radius 1 is 1.18 bits per heavy atom. The van der Waals surface area contributed by atoms with Crippen LogP contribution in [-0.2, 0) is 13.3 Å². The first-order valence-corrected chi connectivity index (χ1v) is 5.46. The van der Waals surface area contributed by atoms with E-state index in [2.05, 4.69) is 4.98 Å². The van der Waals surface area contributed by atoms with Gasteiger partial charge >= 0.3 is 8.97 Å². The largest absolute Gasteiger partial charge is 0.596 e. The molecule has 0 aromatic rings. The molecular weight excluding hydrogens is 162 g/mol. The van der Waals surface area contributed by atoms with Crippen LogP contribution in [0.2, 0.25) is 0 Å². The third-order valence-corrected chi connectivity index (χ3v) is 3.80. The van der Waals surface area contributed by atoms with Gasteiger partial charge in [0.1, 0.15) is 0 Å². The lowest BCUT2D eigenvalue weighted by atomic mass is 10.8. The molecule has 0 heterocycles. The highest BCUT2D eigenvalue weighted by atomic mass is 28.4. The third-order valence-electron chi connectivity index (χ3n) is 1.27. The molecule has 0 aliphatic heterocycles. The quantitative estimate of drug-likeness (QED) is 0.598. The average molecular weight is 179 g/mol. The second kappa shape index (κ2) is 5.67. The van der Waals surface area contributed by atoms with Crippen LogP contribution in [0.25, 0.3) is 0 Å². The summed E-state index contributed by atoms with van der Waals surface area (Å²) in [5.74, 6) is 0. The standard InChI is InChI=1S/C6H17NO3Si/c1-5-7-11(8-3,9-4)10-6-2/h7H,5-6H2,1-4H3. The zero-order chi connectivity index (χ0) is 8.74. The van der Waals surface area contributed by atoms with E-state index in [1.54, 1.807) is 14.2 Å². The third kappa shape index (κ3) is 3.30. The predicted octanol–water partition coefficient (Wildman–Crippen LogP) is 0.361. The van der Waals surface area contributed by atoms with E-state index in [9.17, 15) is 0 Å². The van der Waals surface area contributed by atoms with Crippen LogP contribution in [0.4, 0.5) is 0 Å². The molecule has 0 spiro atoms. The second-order valence-electron chi connectivity index (χ2n) is 1.93. The van der Waals surface area contributed by atoms with Crippen LogP contribution in [0.3, 0.4) is 0 Å². The van der Waals surface area contributed by atoms with E-state index in [4.69, 9.17) is 13.3 Å². The molecule has 11 heavy (non-hydrogen) atoms. The number of hydrogen-bond acceptors (Lipinski definition) is 4. The van der Waals surface area contributed by atoms with E-state index in [-0.39, 0.29) is 0 Å². The number of rotatable bonds is 6. The van der Waals surface area contributed by atoms with Crippen molar-refractivity contribution in [2.24, 2.45) is 0 Å². The zero-order valence-electron chi connectivity index (χ0n) is 7.64. The van der Waals surface area contributed by atoms with Gasteiger partial charge in [-0.1, -0.05) is 6.92 Å². The first-order valence-electron chi connectivity index (χ1n) is 3.74. The minimum atomic E-state index is -2.49. The van der Waals surface area contributed by atoms with Crippen molar-refractivity contribution in [2.75, 3.05) is 27.4 Å². The Balaban J connectivity index is 3.96. The van der Waals surface area contributed by atoms with Crippen molar-refractivity contribution in [3.8, 4) is 0 Å². The fourth-order valence-electron chi connectivity index (χ4n) is 0.803. The topological polar surface area (TPSA) is 39.7 Å². The molecular formula is C6H17NO3Si. The van der Waals surface area contributed by atoms with Crippen LogP contribution in [-0.4, -0.2) is 36.3 Å². The van der Waals surface area contributed by atoms with Crippen molar-refractivity contribution < 1.29 is 13.3 Å². The fraction of sp³-hybridized carbons (Fsp3) is 1.00. The van der Waals surface area contributed by atoms with E-state index in [1.807, 2.05) is 13.8 Å². The Hall–Kier alpha value is 0.0569. The lowest BCUT2D eigenvalue weighted by molar-refractivity contribution is 0.0920. The smallest absolute Gasteiger partial charge is 0.364 e. The van der Waals surface area contributed by atoms with Gasteiger partial charge in [-0.25, -0.2) is 0 Å². The first-order chi connectivity index (χ1) is 5.24. The van der Waals surface area contributed by atoms with Crippen molar-refractivity contribution in [1.82, 2.24) is 4.98 Å². The van der Waals surface area contributed by atoms with Gasteiger partial charge in [-0.3, -0.25) is 4.98 Å². The van der Waals surface area contributed by atoms with Crippen LogP contribution < -0.4 is 4.98 Å². The highest BCUT2D eigenvalue weighted by molar-refractivity contribution is 6.57. The van der Waals surface area contributed by atoms with E-state index in [0.717, 1.165) is 6.54 Å². The summed E-state index contributed by atoms with van der Waals surface area (Å²) in [6.45, 7) is 5.28. The monoisotopic (exact) mass is 179 g/mol. The summed E-state index contributed by atoms with van der Waals surface area (Å²) in [6, 6.07) is 0. The highest BCUT2D eigenvalue weighted by Crippen LogP contribution is 2.01. The molecule has 0 aromatic heterocycles. The zero-order valence-corrected chi connectivity index (χ0v) is 8.64. The van der Waals surface area contributed by atoms with Gasteiger partial charge in [0.2, 0.25) is 0 Å². The Labute approximate surface area is 69.3 Å². The Morgan fingerprint density at radius 3 is 2.00 bits per heavy atom. The molecule has 1 N–H and O–H groups in total. The van der Waals surface area contributed by atoms with Crippen LogP contribution in [0.15, 0.2) is 0 Å². The fourth-order valence-corrected chi connectivity index (χ4v) is 2.41. The van der Waals surface area contributed by atoms with E-state index in [0.29, 0.717) is 6.61 Å². The van der Waals surface area contributed by atoms with Crippen LogP contribution in [0.5, 0.6) is 0 Å². The van der Waals surface area contributed by atoms with Gasteiger partial charge in [0.25, 0.3) is 0 Å². The first kappa shape index (κ1) is 11.1. The Bertz CT molecular complexity index is 89.8. The average Bonchev–Trinajstić information content (AvgIpc) is 2.04. The second-order valence-corrected chi connectivity index (χ2v) is 4.50. The predicted molar refractivity (Wildman–Crippen MR) is 45.1 cm³/mol. The molecule has 68 valence electrons. The van der Waals surface area contributed by atoms with E-state index in [1.165, 1.54) is 0 Å². The molecule has 0 fully saturated rings. The summed E-state index contributed by atoms with van der Waals surface area (Å²) in [6.07, 6.45) is 0. The molecule has 0 atom stereocenters. The summed E-state index contributed by atoms with van der Waals surface area (Å²) in [7, 11) is 0.689. The van der Waals surface area contributed by atoms with Crippen LogP contribution in [0, 0.1) is 0 Å². The van der Waals surface area contributed by atoms with Crippen LogP contribution in [0.1, 0.15) is 13.8 Å². The molecule has 0 radical (unpaired) electrons. The van der Waals surface area contributed by atoms with Crippen LogP contribution >= 0.6 is 0 Å². The molecule has 5 heteroatoms. The molecule has 0 aliphatic carbocycles. The lowest BCUT2D eigenvalue weighted by Gasteiger charge is -2.24. The highest BCUT2D eigenvalue weighted by Gasteiger charge is 2.38. The molecule has 0 amide bonds. The van der Waals surface area contributed by atoms with Gasteiger partial charge < -0.3 is 13.3 Å². The maximum absolute atomic E-state index is 5.35. The van der Waals surface area contributed by atoms with Crippen molar-refractivity contribution in [3.05, 3.63) is 0 Å². The van der Waals surface area contributed by atoms with Gasteiger partial charge in [0.15, 0.2) is 0 Å². The molecule has 0 rings (SSSR count). The van der Waals surface area contributed by atoms with Gasteiger partial charge in [0.05, 0.1) is 0 Å². The molecule has 0 aromatic carbocycles. The maximum Gasteiger partial charge on any atom is 0.596 e. The van der Waals surface area contributed by atoms with Crippen molar-refractivity contribution in [3.63, 3.8) is 0 Å². The maximum atomic E-state index is 5.35. The SMILES string of the molecule is CCN[Si](OC)(OC)OCC. The summed E-state index contributed by atoms with van der Waals surface area (Å²) in [4.78, 5) is 3.07. The van der Waals surface area contributed by atoms with Gasteiger partial charge in [-0.05, 0) is 13.5 Å². The summed E-state index contributed by atoms with van der Waals surface area (Å²) >= 11 is 0. The summed E-state index contributed by atoms with van der Waals surface area (Å²) in [5, 5.41) is 0. The minimum Gasteiger partial charge on any atom is -0.364 e. The summed E-state index contributed by atoms with van der Waals surface area (Å²) in [5.41, 5.74) is 0.